The summed E-state index contributed by atoms with van der Waals surface area (Å²) >= 11 is 0. The van der Waals surface area contributed by atoms with E-state index in [-0.39, 0.29) is 16.4 Å². The van der Waals surface area contributed by atoms with Crippen LogP contribution in [0.1, 0.15) is 35.2 Å². The number of amides is 1. The van der Waals surface area contributed by atoms with Crippen molar-refractivity contribution in [3.8, 4) is 0 Å². The van der Waals surface area contributed by atoms with Crippen LogP contribution in [0.15, 0.2) is 52.3 Å². The van der Waals surface area contributed by atoms with E-state index in [4.69, 9.17) is 0 Å². The summed E-state index contributed by atoms with van der Waals surface area (Å²) in [6.07, 6.45) is 4.14. The van der Waals surface area contributed by atoms with Crippen LogP contribution in [-0.4, -0.2) is 42.8 Å². The van der Waals surface area contributed by atoms with Crippen molar-refractivity contribution in [2.24, 2.45) is 0 Å². The van der Waals surface area contributed by atoms with Crippen LogP contribution in [0.3, 0.4) is 0 Å². The van der Waals surface area contributed by atoms with Crippen LogP contribution < -0.4 is 10.9 Å². The first kappa shape index (κ1) is 20.3. The van der Waals surface area contributed by atoms with Gasteiger partial charge in [0.25, 0.3) is 11.5 Å². The standard InChI is InChI=1S/C20H25N3O4S/c1-16-9-14-22(19(24)15-16)11-4-10-21-20(25)17-5-7-18(8-6-17)28(26,27)23-12-2-3-13-23/h5-9,14-15H,2-4,10-13H2,1H3,(H,21,25). The Hall–Kier alpha value is -2.45. The van der Waals surface area contributed by atoms with Crippen molar-refractivity contribution in [3.63, 3.8) is 0 Å². The summed E-state index contributed by atoms with van der Waals surface area (Å²) in [7, 11) is -3.47. The summed E-state index contributed by atoms with van der Waals surface area (Å²) < 4.78 is 28.1. The predicted octanol–water partition coefficient (Wildman–Crippen LogP) is 1.76. The van der Waals surface area contributed by atoms with Gasteiger partial charge in [-0.2, -0.15) is 4.31 Å². The number of hydrogen-bond acceptors (Lipinski definition) is 4. The van der Waals surface area contributed by atoms with Crippen molar-refractivity contribution < 1.29 is 13.2 Å². The molecule has 1 aromatic carbocycles. The zero-order valence-electron chi connectivity index (χ0n) is 15.9. The summed E-state index contributed by atoms with van der Waals surface area (Å²) in [5.74, 6) is -0.263. The van der Waals surface area contributed by atoms with Crippen molar-refractivity contribution in [2.75, 3.05) is 19.6 Å². The molecule has 1 aliphatic rings. The zero-order chi connectivity index (χ0) is 20.1. The molecule has 28 heavy (non-hydrogen) atoms. The molecule has 0 spiro atoms. The highest BCUT2D eigenvalue weighted by molar-refractivity contribution is 7.89. The van der Waals surface area contributed by atoms with Crippen LogP contribution in [-0.2, 0) is 16.6 Å². The van der Waals surface area contributed by atoms with Gasteiger partial charge in [-0.25, -0.2) is 8.42 Å². The van der Waals surface area contributed by atoms with E-state index >= 15 is 0 Å². The van der Waals surface area contributed by atoms with E-state index in [0.717, 1.165) is 18.4 Å². The molecule has 1 N–H and O–H groups in total. The van der Waals surface area contributed by atoms with Gasteiger partial charge in [-0.05, 0) is 62.1 Å². The topological polar surface area (TPSA) is 88.5 Å². The maximum absolute atomic E-state index is 12.5. The monoisotopic (exact) mass is 403 g/mol. The fraction of sp³-hybridized carbons (Fsp3) is 0.400. The maximum Gasteiger partial charge on any atom is 0.251 e. The second-order valence-corrected chi connectivity index (χ2v) is 8.92. The molecule has 1 aliphatic heterocycles. The molecule has 1 fully saturated rings. The van der Waals surface area contributed by atoms with Gasteiger partial charge < -0.3 is 9.88 Å². The fourth-order valence-corrected chi connectivity index (χ4v) is 4.72. The lowest BCUT2D eigenvalue weighted by Crippen LogP contribution is -2.28. The molecule has 1 saturated heterocycles. The van der Waals surface area contributed by atoms with Crippen LogP contribution in [0, 0.1) is 6.92 Å². The Kier molecular flexibility index (Phi) is 6.31. The normalized spacial score (nSPS) is 14.9. The smallest absolute Gasteiger partial charge is 0.251 e. The molecule has 2 aromatic rings. The molecule has 1 aromatic heterocycles. The Labute approximate surface area is 165 Å². The largest absolute Gasteiger partial charge is 0.352 e. The Balaban J connectivity index is 1.52. The minimum absolute atomic E-state index is 0.0545. The van der Waals surface area contributed by atoms with E-state index in [0.29, 0.717) is 38.2 Å². The highest BCUT2D eigenvalue weighted by Gasteiger charge is 2.27. The van der Waals surface area contributed by atoms with Crippen LogP contribution in [0.4, 0.5) is 0 Å². The number of carbonyl (C=O) groups excluding carboxylic acids is 1. The van der Waals surface area contributed by atoms with Crippen LogP contribution >= 0.6 is 0 Å². The van der Waals surface area contributed by atoms with Crippen molar-refractivity contribution in [2.45, 2.75) is 37.6 Å². The van der Waals surface area contributed by atoms with E-state index in [1.165, 1.54) is 28.6 Å². The summed E-state index contributed by atoms with van der Waals surface area (Å²) in [6.45, 7) is 3.91. The highest BCUT2D eigenvalue weighted by Crippen LogP contribution is 2.21. The van der Waals surface area contributed by atoms with Crippen molar-refractivity contribution in [3.05, 3.63) is 64.1 Å². The molecule has 3 rings (SSSR count). The van der Waals surface area contributed by atoms with E-state index in [9.17, 15) is 18.0 Å². The molecule has 0 unspecified atom stereocenters. The summed E-state index contributed by atoms with van der Waals surface area (Å²) in [6, 6.07) is 9.47. The van der Waals surface area contributed by atoms with Gasteiger partial charge in [-0.1, -0.05) is 0 Å². The number of sulfonamides is 1. The van der Waals surface area contributed by atoms with Gasteiger partial charge in [0.15, 0.2) is 0 Å². The van der Waals surface area contributed by atoms with E-state index in [1.807, 2.05) is 13.0 Å². The number of benzene rings is 1. The first-order valence-corrected chi connectivity index (χ1v) is 10.9. The molecule has 0 radical (unpaired) electrons. The number of aryl methyl sites for hydroxylation is 2. The molecule has 1 amide bonds. The Morgan fingerprint density at radius 2 is 1.79 bits per heavy atom. The highest BCUT2D eigenvalue weighted by atomic mass is 32.2. The molecule has 7 nitrogen and oxygen atoms in total. The molecule has 8 heteroatoms. The van der Waals surface area contributed by atoms with Crippen LogP contribution in [0.2, 0.25) is 0 Å². The molecular formula is C20H25N3O4S. The van der Waals surface area contributed by atoms with Crippen molar-refractivity contribution in [1.82, 2.24) is 14.2 Å². The average molecular weight is 404 g/mol. The van der Waals surface area contributed by atoms with Crippen LogP contribution in [0.25, 0.3) is 0 Å². The van der Waals surface area contributed by atoms with Gasteiger partial charge in [0.1, 0.15) is 0 Å². The Bertz CT molecular complexity index is 991. The number of hydrogen-bond donors (Lipinski definition) is 1. The third kappa shape index (κ3) is 4.69. The van der Waals surface area contributed by atoms with Crippen LogP contribution in [0.5, 0.6) is 0 Å². The third-order valence-corrected chi connectivity index (χ3v) is 6.75. The van der Waals surface area contributed by atoms with Crippen molar-refractivity contribution in [1.29, 1.82) is 0 Å². The van der Waals surface area contributed by atoms with Gasteiger partial charge in [0.2, 0.25) is 10.0 Å². The lowest BCUT2D eigenvalue weighted by molar-refractivity contribution is 0.0952. The average Bonchev–Trinajstić information content (AvgIpc) is 3.22. The van der Waals surface area contributed by atoms with Gasteiger partial charge in [0.05, 0.1) is 4.90 Å². The lowest BCUT2D eigenvalue weighted by Gasteiger charge is -2.15. The second kappa shape index (κ2) is 8.70. The minimum atomic E-state index is -3.47. The van der Waals surface area contributed by atoms with Gasteiger partial charge in [0, 0.05) is 44.0 Å². The molecule has 150 valence electrons. The quantitative estimate of drug-likeness (QED) is 0.714. The summed E-state index contributed by atoms with van der Waals surface area (Å²) in [4.78, 5) is 24.3. The van der Waals surface area contributed by atoms with E-state index in [2.05, 4.69) is 5.32 Å². The molecule has 0 aliphatic carbocycles. The predicted molar refractivity (Wildman–Crippen MR) is 107 cm³/mol. The van der Waals surface area contributed by atoms with Gasteiger partial charge in [-0.15, -0.1) is 0 Å². The Morgan fingerprint density at radius 1 is 1.11 bits per heavy atom. The van der Waals surface area contributed by atoms with Crippen molar-refractivity contribution >= 4 is 15.9 Å². The maximum atomic E-state index is 12.5. The molecular weight excluding hydrogens is 378 g/mol. The van der Waals surface area contributed by atoms with E-state index in [1.54, 1.807) is 16.8 Å². The second-order valence-electron chi connectivity index (χ2n) is 6.98. The molecule has 0 saturated carbocycles. The molecule has 0 bridgehead atoms. The number of rotatable bonds is 7. The SMILES string of the molecule is Cc1ccn(CCCNC(=O)c2ccc(S(=O)(=O)N3CCCC3)cc2)c(=O)c1. The minimum Gasteiger partial charge on any atom is -0.352 e. The first-order valence-electron chi connectivity index (χ1n) is 9.43. The Morgan fingerprint density at radius 3 is 2.43 bits per heavy atom. The molecule has 0 atom stereocenters. The van der Waals surface area contributed by atoms with Gasteiger partial charge >= 0.3 is 0 Å². The third-order valence-electron chi connectivity index (χ3n) is 4.83. The first-order chi connectivity index (χ1) is 13.4. The summed E-state index contributed by atoms with van der Waals surface area (Å²) in [5, 5.41) is 2.80. The summed E-state index contributed by atoms with van der Waals surface area (Å²) in [5.41, 5.74) is 1.28. The number of aromatic nitrogens is 1. The zero-order valence-corrected chi connectivity index (χ0v) is 16.7. The number of nitrogens with one attached hydrogen (secondary N) is 1. The van der Waals surface area contributed by atoms with Gasteiger partial charge in [-0.3, -0.25) is 9.59 Å². The number of carbonyl (C=O) groups is 1. The molecule has 2 heterocycles. The fourth-order valence-electron chi connectivity index (χ4n) is 3.20. The lowest BCUT2D eigenvalue weighted by atomic mass is 10.2. The van der Waals surface area contributed by atoms with E-state index < -0.39 is 10.0 Å². The number of nitrogens with zero attached hydrogens (tertiary/aromatic N) is 2. The number of pyridine rings is 1.